The fraction of sp³-hybridized carbons (Fsp3) is 0.455. The van der Waals surface area contributed by atoms with Gasteiger partial charge in [-0.1, -0.05) is 0 Å². The molecule has 0 saturated carbocycles. The Hall–Kier alpha value is -1.23. The first-order valence-corrected chi connectivity index (χ1v) is 5.87. The SMILES string of the molecule is COC(=O)C(C)(C)CSc1ccc(N)nc1. The number of rotatable bonds is 4. The molecular weight excluding hydrogens is 224 g/mol. The number of nitrogens with zero attached hydrogens (tertiary/aromatic N) is 1. The van der Waals surface area contributed by atoms with Crippen LogP contribution in [0.4, 0.5) is 5.82 Å². The third-order valence-electron chi connectivity index (χ3n) is 2.10. The van der Waals surface area contributed by atoms with Crippen LogP contribution in [0.25, 0.3) is 0 Å². The molecule has 0 radical (unpaired) electrons. The highest BCUT2D eigenvalue weighted by Crippen LogP contribution is 2.28. The van der Waals surface area contributed by atoms with Crippen molar-refractivity contribution in [1.82, 2.24) is 4.98 Å². The smallest absolute Gasteiger partial charge is 0.312 e. The van der Waals surface area contributed by atoms with Crippen LogP contribution in [0.5, 0.6) is 0 Å². The number of nitrogen functional groups attached to an aromatic ring is 1. The van der Waals surface area contributed by atoms with E-state index in [0.717, 1.165) is 4.90 Å². The van der Waals surface area contributed by atoms with E-state index >= 15 is 0 Å². The van der Waals surface area contributed by atoms with Gasteiger partial charge in [-0.2, -0.15) is 0 Å². The number of ether oxygens (including phenoxy) is 1. The number of thioether (sulfide) groups is 1. The summed E-state index contributed by atoms with van der Waals surface area (Å²) in [6.45, 7) is 3.72. The van der Waals surface area contributed by atoms with Gasteiger partial charge >= 0.3 is 5.97 Å². The third-order valence-corrected chi connectivity index (χ3v) is 3.54. The lowest BCUT2D eigenvalue weighted by Gasteiger charge is -2.20. The molecule has 0 aromatic carbocycles. The van der Waals surface area contributed by atoms with Crippen LogP contribution in [0.2, 0.25) is 0 Å². The number of esters is 1. The Labute approximate surface area is 99.6 Å². The molecule has 5 heteroatoms. The number of aromatic nitrogens is 1. The number of pyridine rings is 1. The van der Waals surface area contributed by atoms with E-state index in [1.54, 1.807) is 24.0 Å². The second-order valence-electron chi connectivity index (χ2n) is 4.08. The standard InChI is InChI=1S/C11H16N2O2S/c1-11(2,10(14)15-3)7-16-8-4-5-9(12)13-6-8/h4-6H,7H2,1-3H3,(H2,12,13). The van der Waals surface area contributed by atoms with Gasteiger partial charge in [-0.3, -0.25) is 4.79 Å². The predicted octanol–water partition coefficient (Wildman–Crippen LogP) is 1.96. The van der Waals surface area contributed by atoms with Crippen molar-refractivity contribution in [3.8, 4) is 0 Å². The lowest BCUT2D eigenvalue weighted by Crippen LogP contribution is -2.28. The van der Waals surface area contributed by atoms with Gasteiger partial charge in [-0.15, -0.1) is 11.8 Å². The minimum atomic E-state index is -0.499. The molecule has 4 nitrogen and oxygen atoms in total. The summed E-state index contributed by atoms with van der Waals surface area (Å²) in [5.41, 5.74) is 4.98. The molecule has 1 rings (SSSR count). The molecule has 0 saturated heterocycles. The molecule has 88 valence electrons. The Balaban J connectivity index is 2.57. The average Bonchev–Trinajstić information content (AvgIpc) is 2.27. The van der Waals surface area contributed by atoms with Gasteiger partial charge in [0.05, 0.1) is 12.5 Å². The van der Waals surface area contributed by atoms with Crippen LogP contribution in [-0.2, 0) is 9.53 Å². The van der Waals surface area contributed by atoms with Crippen LogP contribution in [-0.4, -0.2) is 23.8 Å². The number of hydrogen-bond acceptors (Lipinski definition) is 5. The van der Waals surface area contributed by atoms with E-state index in [0.29, 0.717) is 11.6 Å². The van der Waals surface area contributed by atoms with E-state index in [4.69, 9.17) is 10.5 Å². The van der Waals surface area contributed by atoms with Crippen LogP contribution < -0.4 is 5.73 Å². The molecule has 0 fully saturated rings. The molecule has 0 atom stereocenters. The predicted molar refractivity (Wildman–Crippen MR) is 65.2 cm³/mol. The maximum atomic E-state index is 11.4. The highest BCUT2D eigenvalue weighted by atomic mass is 32.2. The minimum Gasteiger partial charge on any atom is -0.469 e. The lowest BCUT2D eigenvalue weighted by atomic mass is 9.97. The number of hydrogen-bond donors (Lipinski definition) is 1. The van der Waals surface area contributed by atoms with E-state index in [9.17, 15) is 4.79 Å². The molecule has 16 heavy (non-hydrogen) atoms. The first kappa shape index (κ1) is 12.8. The van der Waals surface area contributed by atoms with Crippen LogP contribution in [0.15, 0.2) is 23.2 Å². The Morgan fingerprint density at radius 2 is 2.25 bits per heavy atom. The average molecular weight is 240 g/mol. The van der Waals surface area contributed by atoms with Gasteiger partial charge in [-0.25, -0.2) is 4.98 Å². The van der Waals surface area contributed by atoms with Crippen molar-refractivity contribution in [2.75, 3.05) is 18.6 Å². The van der Waals surface area contributed by atoms with Gasteiger partial charge in [0.25, 0.3) is 0 Å². The first-order chi connectivity index (χ1) is 7.45. The van der Waals surface area contributed by atoms with Crippen LogP contribution in [0.1, 0.15) is 13.8 Å². The number of anilines is 1. The normalized spacial score (nSPS) is 11.2. The van der Waals surface area contributed by atoms with E-state index < -0.39 is 5.41 Å². The van der Waals surface area contributed by atoms with Crippen LogP contribution in [0.3, 0.4) is 0 Å². The lowest BCUT2D eigenvalue weighted by molar-refractivity contribution is -0.149. The Morgan fingerprint density at radius 3 is 2.75 bits per heavy atom. The summed E-state index contributed by atoms with van der Waals surface area (Å²) in [6, 6.07) is 3.63. The van der Waals surface area contributed by atoms with Crippen molar-refractivity contribution in [2.45, 2.75) is 18.7 Å². The summed E-state index contributed by atoms with van der Waals surface area (Å²) >= 11 is 1.56. The number of carbonyl (C=O) groups is 1. The molecule has 0 aliphatic carbocycles. The molecule has 1 aromatic rings. The van der Waals surface area contributed by atoms with E-state index in [1.165, 1.54) is 7.11 Å². The van der Waals surface area contributed by atoms with Gasteiger partial charge < -0.3 is 10.5 Å². The fourth-order valence-corrected chi connectivity index (χ4v) is 2.01. The number of nitrogens with two attached hydrogens (primary N) is 1. The van der Waals surface area contributed by atoms with E-state index in [1.807, 2.05) is 19.9 Å². The Morgan fingerprint density at radius 1 is 1.56 bits per heavy atom. The fourth-order valence-electron chi connectivity index (χ4n) is 1.08. The molecule has 0 unspecified atom stereocenters. The second-order valence-corrected chi connectivity index (χ2v) is 5.13. The van der Waals surface area contributed by atoms with Crippen molar-refractivity contribution < 1.29 is 9.53 Å². The zero-order valence-electron chi connectivity index (χ0n) is 9.69. The summed E-state index contributed by atoms with van der Waals surface area (Å²) in [6.07, 6.45) is 1.70. The van der Waals surface area contributed by atoms with Crippen molar-refractivity contribution in [3.63, 3.8) is 0 Å². The van der Waals surface area contributed by atoms with Crippen molar-refractivity contribution >= 4 is 23.5 Å². The topological polar surface area (TPSA) is 65.2 Å². The molecule has 1 heterocycles. The van der Waals surface area contributed by atoms with Gasteiger partial charge in [-0.05, 0) is 26.0 Å². The zero-order chi connectivity index (χ0) is 12.2. The first-order valence-electron chi connectivity index (χ1n) is 4.88. The molecule has 0 bridgehead atoms. The largest absolute Gasteiger partial charge is 0.469 e. The van der Waals surface area contributed by atoms with Gasteiger partial charge in [0.2, 0.25) is 0 Å². The summed E-state index contributed by atoms with van der Waals surface area (Å²) in [4.78, 5) is 16.4. The van der Waals surface area contributed by atoms with Crippen LogP contribution >= 0.6 is 11.8 Å². The highest BCUT2D eigenvalue weighted by molar-refractivity contribution is 7.99. The quantitative estimate of drug-likeness (QED) is 0.643. The molecule has 2 N–H and O–H groups in total. The van der Waals surface area contributed by atoms with Crippen LogP contribution in [0, 0.1) is 5.41 Å². The summed E-state index contributed by atoms with van der Waals surface area (Å²) in [5.74, 6) is 0.936. The Bertz CT molecular complexity index is 363. The third kappa shape index (κ3) is 3.41. The van der Waals surface area contributed by atoms with Crippen molar-refractivity contribution in [2.24, 2.45) is 5.41 Å². The van der Waals surface area contributed by atoms with Crippen molar-refractivity contribution in [1.29, 1.82) is 0 Å². The monoisotopic (exact) mass is 240 g/mol. The summed E-state index contributed by atoms with van der Waals surface area (Å²) in [5, 5.41) is 0. The van der Waals surface area contributed by atoms with Gasteiger partial charge in [0.15, 0.2) is 0 Å². The number of methoxy groups -OCH3 is 1. The maximum Gasteiger partial charge on any atom is 0.312 e. The minimum absolute atomic E-state index is 0.205. The van der Waals surface area contributed by atoms with Crippen molar-refractivity contribution in [3.05, 3.63) is 18.3 Å². The molecule has 0 spiro atoms. The summed E-state index contributed by atoms with van der Waals surface area (Å²) in [7, 11) is 1.40. The molecule has 0 aliphatic heterocycles. The molecule has 0 aliphatic rings. The van der Waals surface area contributed by atoms with E-state index in [2.05, 4.69) is 4.98 Å². The van der Waals surface area contributed by atoms with Gasteiger partial charge in [0, 0.05) is 16.8 Å². The zero-order valence-corrected chi connectivity index (χ0v) is 10.5. The molecule has 1 aromatic heterocycles. The Kier molecular flexibility index (Phi) is 4.18. The molecular formula is C11H16N2O2S. The highest BCUT2D eigenvalue weighted by Gasteiger charge is 2.28. The number of carbonyl (C=O) groups excluding carboxylic acids is 1. The summed E-state index contributed by atoms with van der Waals surface area (Å²) < 4.78 is 4.73. The van der Waals surface area contributed by atoms with E-state index in [-0.39, 0.29) is 5.97 Å². The molecule has 0 amide bonds. The second kappa shape index (κ2) is 5.21. The van der Waals surface area contributed by atoms with Gasteiger partial charge in [0.1, 0.15) is 5.82 Å². The maximum absolute atomic E-state index is 11.4.